The first-order valence-corrected chi connectivity index (χ1v) is 8.84. The number of aryl methyl sites for hydroxylation is 1. The van der Waals surface area contributed by atoms with Crippen LogP contribution in [-0.2, 0) is 20.7 Å². The van der Waals surface area contributed by atoms with Crippen molar-refractivity contribution in [3.05, 3.63) is 60.2 Å². The quantitative estimate of drug-likeness (QED) is 0.612. The van der Waals surface area contributed by atoms with Crippen LogP contribution in [-0.4, -0.2) is 23.7 Å². The fraction of sp³-hybridized carbons (Fsp3) is 0.263. The lowest BCUT2D eigenvalue weighted by molar-refractivity contribution is -0.150. The van der Waals surface area contributed by atoms with Crippen LogP contribution < -0.4 is 5.32 Å². The van der Waals surface area contributed by atoms with Crippen LogP contribution in [0.5, 0.6) is 0 Å². The van der Waals surface area contributed by atoms with E-state index in [1.807, 2.05) is 54.6 Å². The molecule has 5 heteroatoms. The highest BCUT2D eigenvalue weighted by Gasteiger charge is 2.18. The number of esters is 1. The second-order valence-corrected chi connectivity index (χ2v) is 6.32. The number of hydrogen-bond donors (Lipinski definition) is 1. The van der Waals surface area contributed by atoms with Crippen LogP contribution in [0, 0.1) is 0 Å². The van der Waals surface area contributed by atoms with Gasteiger partial charge in [-0.05, 0) is 43.2 Å². The molecule has 0 aliphatic rings. The molecule has 2 rings (SSSR count). The van der Waals surface area contributed by atoms with E-state index in [-0.39, 0.29) is 11.7 Å². The van der Waals surface area contributed by atoms with E-state index in [4.69, 9.17) is 4.74 Å². The minimum absolute atomic E-state index is 0.173. The van der Waals surface area contributed by atoms with Crippen molar-refractivity contribution >= 4 is 29.3 Å². The zero-order chi connectivity index (χ0) is 17.4. The number of nitrogens with one attached hydrogen (secondary N) is 1. The van der Waals surface area contributed by atoms with Crippen molar-refractivity contribution in [2.24, 2.45) is 0 Å². The van der Waals surface area contributed by atoms with Crippen molar-refractivity contribution < 1.29 is 14.3 Å². The van der Waals surface area contributed by atoms with Gasteiger partial charge in [0.05, 0.1) is 5.75 Å². The lowest BCUT2D eigenvalue weighted by atomic mass is 10.1. The Morgan fingerprint density at radius 3 is 2.38 bits per heavy atom. The van der Waals surface area contributed by atoms with Crippen LogP contribution in [0.15, 0.2) is 59.5 Å². The molecular weight excluding hydrogens is 322 g/mol. The van der Waals surface area contributed by atoms with E-state index in [0.29, 0.717) is 5.69 Å². The highest BCUT2D eigenvalue weighted by Crippen LogP contribution is 2.17. The Labute approximate surface area is 146 Å². The fourth-order valence-electron chi connectivity index (χ4n) is 2.01. The molecule has 1 atom stereocenters. The molecule has 126 valence electrons. The number of amides is 1. The van der Waals surface area contributed by atoms with Crippen LogP contribution in [0.3, 0.4) is 0 Å². The first kappa shape index (κ1) is 18.1. The van der Waals surface area contributed by atoms with Gasteiger partial charge in [-0.3, -0.25) is 9.59 Å². The summed E-state index contributed by atoms with van der Waals surface area (Å²) in [5.74, 6) is -0.572. The Morgan fingerprint density at radius 1 is 1.08 bits per heavy atom. The van der Waals surface area contributed by atoms with Crippen LogP contribution >= 0.6 is 11.8 Å². The van der Waals surface area contributed by atoms with E-state index in [0.717, 1.165) is 11.3 Å². The van der Waals surface area contributed by atoms with E-state index in [9.17, 15) is 9.59 Å². The second-order valence-electron chi connectivity index (χ2n) is 5.27. The Kier molecular flexibility index (Phi) is 6.88. The predicted octanol–water partition coefficient (Wildman–Crippen LogP) is 3.91. The highest BCUT2D eigenvalue weighted by molar-refractivity contribution is 8.00. The first-order valence-electron chi connectivity index (χ1n) is 7.85. The maximum absolute atomic E-state index is 12.1. The van der Waals surface area contributed by atoms with Gasteiger partial charge < -0.3 is 10.1 Å². The third-order valence-corrected chi connectivity index (χ3v) is 4.39. The van der Waals surface area contributed by atoms with Crippen molar-refractivity contribution in [1.82, 2.24) is 0 Å². The molecule has 0 aliphatic carbocycles. The van der Waals surface area contributed by atoms with Gasteiger partial charge in [0.2, 0.25) is 0 Å². The number of hydrogen-bond acceptors (Lipinski definition) is 4. The number of ether oxygens (including phenoxy) is 1. The summed E-state index contributed by atoms with van der Waals surface area (Å²) >= 11 is 1.38. The predicted molar refractivity (Wildman–Crippen MR) is 97.2 cm³/mol. The first-order chi connectivity index (χ1) is 11.6. The molecule has 0 aliphatic heterocycles. The maximum atomic E-state index is 12.1. The van der Waals surface area contributed by atoms with Crippen LogP contribution in [0.1, 0.15) is 19.4 Å². The monoisotopic (exact) mass is 343 g/mol. The number of rotatable bonds is 7. The number of benzene rings is 2. The summed E-state index contributed by atoms with van der Waals surface area (Å²) in [6.45, 7) is 3.64. The largest absolute Gasteiger partial charge is 0.452 e. The molecule has 4 nitrogen and oxygen atoms in total. The maximum Gasteiger partial charge on any atom is 0.317 e. The molecule has 0 saturated heterocycles. The van der Waals surface area contributed by atoms with Crippen LogP contribution in [0.4, 0.5) is 5.69 Å². The normalized spacial score (nSPS) is 11.6. The standard InChI is InChI=1S/C19H21NO3S/c1-3-15-9-11-16(12-10-15)20-19(22)14(2)23-18(21)13-24-17-7-5-4-6-8-17/h4-12,14H,3,13H2,1-2H3,(H,20,22)/t14-/m1/s1. The Morgan fingerprint density at radius 2 is 1.75 bits per heavy atom. The zero-order valence-electron chi connectivity index (χ0n) is 13.8. The third kappa shape index (κ3) is 5.74. The van der Waals surface area contributed by atoms with E-state index in [1.54, 1.807) is 6.92 Å². The molecule has 0 fully saturated rings. The molecule has 2 aromatic rings. The lowest BCUT2D eigenvalue weighted by Crippen LogP contribution is -2.30. The summed E-state index contributed by atoms with van der Waals surface area (Å²) in [4.78, 5) is 24.9. The van der Waals surface area contributed by atoms with Gasteiger partial charge >= 0.3 is 5.97 Å². The van der Waals surface area contributed by atoms with E-state index in [1.165, 1.54) is 17.3 Å². The molecule has 0 aromatic heterocycles. The van der Waals surface area contributed by atoms with Gasteiger partial charge in [-0.15, -0.1) is 11.8 Å². The Hall–Kier alpha value is -2.27. The van der Waals surface area contributed by atoms with Gasteiger partial charge in [0.1, 0.15) is 0 Å². The van der Waals surface area contributed by atoms with E-state index < -0.39 is 12.1 Å². The Balaban J connectivity index is 1.78. The molecule has 0 unspecified atom stereocenters. The molecular formula is C19H21NO3S. The molecule has 1 N–H and O–H groups in total. The van der Waals surface area contributed by atoms with Crippen molar-refractivity contribution in [1.29, 1.82) is 0 Å². The number of carbonyl (C=O) groups is 2. The van der Waals surface area contributed by atoms with Gasteiger partial charge in [0.15, 0.2) is 6.10 Å². The Bertz CT molecular complexity index is 671. The second kappa shape index (κ2) is 9.13. The van der Waals surface area contributed by atoms with Gasteiger partial charge in [0.25, 0.3) is 5.91 Å². The zero-order valence-corrected chi connectivity index (χ0v) is 14.6. The van der Waals surface area contributed by atoms with Gasteiger partial charge in [-0.1, -0.05) is 37.3 Å². The SMILES string of the molecule is CCc1ccc(NC(=O)[C@@H](C)OC(=O)CSc2ccccc2)cc1. The number of anilines is 1. The lowest BCUT2D eigenvalue weighted by Gasteiger charge is -2.13. The minimum Gasteiger partial charge on any atom is -0.452 e. The molecule has 24 heavy (non-hydrogen) atoms. The van der Waals surface area contributed by atoms with Crippen molar-refractivity contribution in [2.45, 2.75) is 31.3 Å². The van der Waals surface area contributed by atoms with Gasteiger partial charge in [-0.25, -0.2) is 0 Å². The van der Waals surface area contributed by atoms with Crippen molar-refractivity contribution in [3.63, 3.8) is 0 Å². The minimum atomic E-state index is -0.834. The molecule has 0 radical (unpaired) electrons. The highest BCUT2D eigenvalue weighted by atomic mass is 32.2. The third-order valence-electron chi connectivity index (χ3n) is 3.41. The average Bonchev–Trinajstić information content (AvgIpc) is 2.61. The summed E-state index contributed by atoms with van der Waals surface area (Å²) in [6.07, 6.45) is 0.112. The topological polar surface area (TPSA) is 55.4 Å². The summed E-state index contributed by atoms with van der Waals surface area (Å²) in [5, 5.41) is 2.75. The molecule has 0 heterocycles. The molecule has 2 aromatic carbocycles. The summed E-state index contributed by atoms with van der Waals surface area (Å²) in [7, 11) is 0. The van der Waals surface area contributed by atoms with Gasteiger partial charge in [0, 0.05) is 10.6 Å². The molecule has 1 amide bonds. The smallest absolute Gasteiger partial charge is 0.317 e. The van der Waals surface area contributed by atoms with E-state index in [2.05, 4.69) is 12.2 Å². The van der Waals surface area contributed by atoms with Crippen LogP contribution in [0.2, 0.25) is 0 Å². The van der Waals surface area contributed by atoms with Crippen molar-refractivity contribution in [3.8, 4) is 0 Å². The summed E-state index contributed by atoms with van der Waals surface area (Å²) in [6, 6.07) is 17.2. The van der Waals surface area contributed by atoms with E-state index >= 15 is 0 Å². The van der Waals surface area contributed by atoms with Gasteiger partial charge in [-0.2, -0.15) is 0 Å². The molecule has 0 spiro atoms. The summed E-state index contributed by atoms with van der Waals surface area (Å²) in [5.41, 5.74) is 1.89. The molecule has 0 bridgehead atoms. The van der Waals surface area contributed by atoms with Crippen LogP contribution in [0.25, 0.3) is 0 Å². The fourth-order valence-corrected chi connectivity index (χ4v) is 2.71. The van der Waals surface area contributed by atoms with Crippen molar-refractivity contribution in [2.75, 3.05) is 11.1 Å². The average molecular weight is 343 g/mol. The number of carbonyl (C=O) groups excluding carboxylic acids is 2. The number of thioether (sulfide) groups is 1. The molecule has 0 saturated carbocycles. The summed E-state index contributed by atoms with van der Waals surface area (Å²) < 4.78 is 5.18.